The molecule has 1 aliphatic rings. The van der Waals surface area contributed by atoms with E-state index in [0.29, 0.717) is 11.8 Å². The summed E-state index contributed by atoms with van der Waals surface area (Å²) in [4.78, 5) is 11.5. The lowest BCUT2D eigenvalue weighted by atomic mass is 9.88. The summed E-state index contributed by atoms with van der Waals surface area (Å²) in [5.41, 5.74) is 0. The Bertz CT molecular complexity index is 262. The maximum Gasteiger partial charge on any atom is 0.308 e. The minimum Gasteiger partial charge on any atom is -0.462 e. The third-order valence-electron chi connectivity index (χ3n) is 4.33. The second-order valence-electron chi connectivity index (χ2n) is 6.08. The van der Waals surface area contributed by atoms with Gasteiger partial charge in [0.2, 0.25) is 0 Å². The van der Waals surface area contributed by atoms with Gasteiger partial charge in [-0.3, -0.25) is 4.79 Å². The van der Waals surface area contributed by atoms with Gasteiger partial charge in [-0.05, 0) is 44.4 Å². The molecule has 0 bridgehead atoms. The Kier molecular flexibility index (Phi) is 6.13. The second-order valence-corrected chi connectivity index (χ2v) is 6.08. The molecule has 0 aromatic carbocycles. The number of aliphatic hydroxyl groups is 1. The Labute approximate surface area is 111 Å². The van der Waals surface area contributed by atoms with Crippen LogP contribution in [0.25, 0.3) is 0 Å². The van der Waals surface area contributed by atoms with Crippen LogP contribution >= 0.6 is 0 Å². The van der Waals surface area contributed by atoms with E-state index in [4.69, 9.17) is 4.74 Å². The molecule has 1 rings (SSSR count). The first-order valence-corrected chi connectivity index (χ1v) is 7.30. The van der Waals surface area contributed by atoms with Gasteiger partial charge < -0.3 is 9.84 Å². The van der Waals surface area contributed by atoms with Crippen molar-refractivity contribution in [3.05, 3.63) is 0 Å². The highest BCUT2D eigenvalue weighted by atomic mass is 16.5. The number of hydrogen-bond donors (Lipinski definition) is 1. The average Bonchev–Trinajstić information content (AvgIpc) is 2.32. The normalized spacial score (nSPS) is 29.5. The van der Waals surface area contributed by atoms with Gasteiger partial charge in [0.25, 0.3) is 0 Å². The molecule has 0 amide bonds. The topological polar surface area (TPSA) is 46.5 Å². The molecule has 5 atom stereocenters. The van der Waals surface area contributed by atoms with Crippen LogP contribution in [0.4, 0.5) is 0 Å². The molecule has 1 heterocycles. The van der Waals surface area contributed by atoms with Crippen LogP contribution in [-0.2, 0) is 9.53 Å². The molecule has 0 spiro atoms. The first-order chi connectivity index (χ1) is 8.41. The molecule has 0 aliphatic carbocycles. The predicted molar refractivity (Wildman–Crippen MR) is 72.1 cm³/mol. The molecule has 0 aromatic heterocycles. The van der Waals surface area contributed by atoms with Crippen molar-refractivity contribution in [2.75, 3.05) is 0 Å². The van der Waals surface area contributed by atoms with Crippen molar-refractivity contribution in [2.24, 2.45) is 17.8 Å². The van der Waals surface area contributed by atoms with Crippen molar-refractivity contribution in [3.63, 3.8) is 0 Å². The van der Waals surface area contributed by atoms with Gasteiger partial charge in [0.15, 0.2) is 0 Å². The average molecular weight is 256 g/mol. The highest BCUT2D eigenvalue weighted by molar-refractivity contribution is 5.72. The largest absolute Gasteiger partial charge is 0.462 e. The molecule has 1 fully saturated rings. The van der Waals surface area contributed by atoms with Gasteiger partial charge in [-0.1, -0.05) is 27.2 Å². The summed E-state index contributed by atoms with van der Waals surface area (Å²) in [7, 11) is 0. The lowest BCUT2D eigenvalue weighted by Gasteiger charge is -2.30. The van der Waals surface area contributed by atoms with E-state index in [1.54, 1.807) is 0 Å². The number of rotatable bonds is 6. The van der Waals surface area contributed by atoms with Gasteiger partial charge in [-0.2, -0.15) is 0 Å². The molecule has 0 unspecified atom stereocenters. The second kappa shape index (κ2) is 7.13. The summed E-state index contributed by atoms with van der Waals surface area (Å²) < 4.78 is 5.48. The summed E-state index contributed by atoms with van der Waals surface area (Å²) in [5.74, 6) is 0.827. The van der Waals surface area contributed by atoms with E-state index in [0.717, 1.165) is 32.1 Å². The van der Waals surface area contributed by atoms with E-state index in [-0.39, 0.29) is 24.1 Å². The molecule has 3 nitrogen and oxygen atoms in total. The number of carbonyl (C=O) groups excluding carboxylic acids is 1. The fourth-order valence-corrected chi connectivity index (χ4v) is 2.45. The van der Waals surface area contributed by atoms with Crippen LogP contribution in [0.15, 0.2) is 0 Å². The first kappa shape index (κ1) is 15.5. The number of aliphatic hydroxyl groups excluding tert-OH is 1. The monoisotopic (exact) mass is 256 g/mol. The first-order valence-electron chi connectivity index (χ1n) is 7.30. The lowest BCUT2D eigenvalue weighted by Crippen LogP contribution is -2.33. The molecular formula is C15H28O3. The van der Waals surface area contributed by atoms with Crippen molar-refractivity contribution in [3.8, 4) is 0 Å². The van der Waals surface area contributed by atoms with E-state index in [9.17, 15) is 9.90 Å². The summed E-state index contributed by atoms with van der Waals surface area (Å²) in [6, 6.07) is 0. The minimum atomic E-state index is -0.228. The van der Waals surface area contributed by atoms with Crippen LogP contribution in [0.3, 0.4) is 0 Å². The van der Waals surface area contributed by atoms with Gasteiger partial charge >= 0.3 is 5.97 Å². The zero-order valence-corrected chi connectivity index (χ0v) is 12.2. The molecule has 106 valence electrons. The number of ether oxygens (including phenoxy) is 1. The Hall–Kier alpha value is -0.570. The molecule has 1 aliphatic heterocycles. The van der Waals surface area contributed by atoms with Crippen molar-refractivity contribution in [2.45, 2.75) is 72.0 Å². The van der Waals surface area contributed by atoms with E-state index in [2.05, 4.69) is 13.8 Å². The zero-order valence-electron chi connectivity index (χ0n) is 12.2. The van der Waals surface area contributed by atoms with Gasteiger partial charge in [-0.25, -0.2) is 0 Å². The van der Waals surface area contributed by atoms with Crippen LogP contribution in [0.1, 0.15) is 59.8 Å². The summed E-state index contributed by atoms with van der Waals surface area (Å²) in [6.45, 7) is 8.03. The third kappa shape index (κ3) is 4.60. The Morgan fingerprint density at radius 1 is 1.28 bits per heavy atom. The molecular weight excluding hydrogens is 228 g/mol. The van der Waals surface area contributed by atoms with Gasteiger partial charge in [0.1, 0.15) is 6.10 Å². The summed E-state index contributed by atoms with van der Waals surface area (Å²) in [6.07, 6.45) is 5.04. The van der Waals surface area contributed by atoms with Crippen molar-refractivity contribution in [1.29, 1.82) is 0 Å². The van der Waals surface area contributed by atoms with Crippen molar-refractivity contribution < 1.29 is 14.6 Å². The molecule has 0 saturated carbocycles. The van der Waals surface area contributed by atoms with Crippen LogP contribution < -0.4 is 0 Å². The fourth-order valence-electron chi connectivity index (χ4n) is 2.45. The Morgan fingerprint density at radius 3 is 2.50 bits per heavy atom. The standard InChI is InChI=1S/C15H28O3/c1-10(13(4)16)6-5-7-11(2)14-9-8-12(3)15(17)18-14/h10-14,16H,5-9H2,1-4H3/t10-,11-,12-,13+,14+/m1/s1. The van der Waals surface area contributed by atoms with Gasteiger partial charge in [-0.15, -0.1) is 0 Å². The molecule has 0 aromatic rings. The van der Waals surface area contributed by atoms with Crippen LogP contribution in [-0.4, -0.2) is 23.3 Å². The molecule has 1 saturated heterocycles. The highest BCUT2D eigenvalue weighted by Gasteiger charge is 2.30. The maximum absolute atomic E-state index is 11.5. The van der Waals surface area contributed by atoms with Crippen LogP contribution in [0.2, 0.25) is 0 Å². The summed E-state index contributed by atoms with van der Waals surface area (Å²) in [5, 5.41) is 9.43. The predicted octanol–water partition coefficient (Wildman–Crippen LogP) is 3.15. The van der Waals surface area contributed by atoms with Crippen LogP contribution in [0, 0.1) is 17.8 Å². The lowest BCUT2D eigenvalue weighted by molar-refractivity contribution is -0.162. The van der Waals surface area contributed by atoms with E-state index >= 15 is 0 Å². The van der Waals surface area contributed by atoms with E-state index in [1.807, 2.05) is 13.8 Å². The maximum atomic E-state index is 11.5. The molecule has 1 N–H and O–H groups in total. The Morgan fingerprint density at radius 2 is 1.94 bits per heavy atom. The van der Waals surface area contributed by atoms with Crippen molar-refractivity contribution >= 4 is 5.97 Å². The smallest absolute Gasteiger partial charge is 0.308 e. The Balaban J connectivity index is 2.24. The minimum absolute atomic E-state index is 0.0320. The summed E-state index contributed by atoms with van der Waals surface area (Å²) >= 11 is 0. The van der Waals surface area contributed by atoms with Gasteiger partial charge in [0.05, 0.1) is 12.0 Å². The highest BCUT2D eigenvalue weighted by Crippen LogP contribution is 2.27. The molecule has 3 heteroatoms. The number of carbonyl (C=O) groups is 1. The van der Waals surface area contributed by atoms with Crippen molar-refractivity contribution in [1.82, 2.24) is 0 Å². The zero-order chi connectivity index (χ0) is 13.7. The third-order valence-corrected chi connectivity index (χ3v) is 4.33. The number of hydrogen-bond acceptors (Lipinski definition) is 3. The molecule has 18 heavy (non-hydrogen) atoms. The fraction of sp³-hybridized carbons (Fsp3) is 0.933. The van der Waals surface area contributed by atoms with E-state index in [1.165, 1.54) is 0 Å². The van der Waals surface area contributed by atoms with Crippen LogP contribution in [0.5, 0.6) is 0 Å². The number of esters is 1. The number of cyclic esters (lactones) is 1. The SMILES string of the molecule is C[C@@H]1CC[C@@H]([C@H](C)CCC[C@@H](C)[C@H](C)O)OC1=O. The quantitative estimate of drug-likeness (QED) is 0.743. The molecule has 0 radical (unpaired) electrons. The van der Waals surface area contributed by atoms with Gasteiger partial charge in [0, 0.05) is 0 Å². The van der Waals surface area contributed by atoms with E-state index < -0.39 is 0 Å².